The Balaban J connectivity index is 2.94. The molecule has 102 valence electrons. The molecule has 1 atom stereocenters. The zero-order valence-electron chi connectivity index (χ0n) is 10.3. The summed E-state index contributed by atoms with van der Waals surface area (Å²) in [6.45, 7) is 0. The van der Waals surface area contributed by atoms with Crippen molar-refractivity contribution in [2.24, 2.45) is 0 Å². The first-order chi connectivity index (χ1) is 8.99. The van der Waals surface area contributed by atoms with E-state index in [1.165, 1.54) is 0 Å². The van der Waals surface area contributed by atoms with Crippen LogP contribution in [0.1, 0.15) is 16.8 Å². The van der Waals surface area contributed by atoms with Crippen molar-refractivity contribution in [3.05, 3.63) is 23.8 Å². The van der Waals surface area contributed by atoms with Crippen molar-refractivity contribution < 1.29 is 19.5 Å². The SMILES string of the molecule is CNc1cccc(N)c1C(=O)NC(C=O)CC(=O)O. The van der Waals surface area contributed by atoms with E-state index in [-0.39, 0.29) is 11.3 Å². The number of carboxylic acid groups (broad SMARTS) is 1. The molecular formula is C12H15N3O4. The van der Waals surface area contributed by atoms with E-state index in [4.69, 9.17) is 10.8 Å². The summed E-state index contributed by atoms with van der Waals surface area (Å²) >= 11 is 0. The number of aldehydes is 1. The third-order valence-electron chi connectivity index (χ3n) is 2.47. The molecule has 0 heterocycles. The molecule has 0 aliphatic carbocycles. The Bertz CT molecular complexity index is 502. The van der Waals surface area contributed by atoms with Crippen LogP contribution in [0.4, 0.5) is 11.4 Å². The Hall–Kier alpha value is -2.57. The number of carbonyl (C=O) groups is 3. The maximum Gasteiger partial charge on any atom is 0.305 e. The Morgan fingerprint density at radius 3 is 2.68 bits per heavy atom. The van der Waals surface area contributed by atoms with E-state index >= 15 is 0 Å². The van der Waals surface area contributed by atoms with Crippen molar-refractivity contribution in [2.75, 3.05) is 18.1 Å². The highest BCUT2D eigenvalue weighted by Crippen LogP contribution is 2.21. The lowest BCUT2D eigenvalue weighted by molar-refractivity contribution is -0.138. The van der Waals surface area contributed by atoms with Crippen LogP contribution in [0.5, 0.6) is 0 Å². The summed E-state index contributed by atoms with van der Waals surface area (Å²) in [5.41, 5.74) is 6.63. The van der Waals surface area contributed by atoms with Gasteiger partial charge in [0.05, 0.1) is 18.0 Å². The number of nitrogens with one attached hydrogen (secondary N) is 2. The molecule has 0 fully saturated rings. The number of nitrogens with two attached hydrogens (primary N) is 1. The number of amides is 1. The average Bonchev–Trinajstić information content (AvgIpc) is 2.36. The lowest BCUT2D eigenvalue weighted by Gasteiger charge is -2.14. The number of rotatable bonds is 6. The van der Waals surface area contributed by atoms with Gasteiger partial charge in [0.1, 0.15) is 6.29 Å². The van der Waals surface area contributed by atoms with E-state index in [9.17, 15) is 14.4 Å². The first kappa shape index (κ1) is 14.5. The predicted octanol–water partition coefficient (Wildman–Crippen LogP) is 0.0825. The molecule has 19 heavy (non-hydrogen) atoms. The number of carboxylic acids is 1. The second-order valence-corrected chi connectivity index (χ2v) is 3.83. The summed E-state index contributed by atoms with van der Waals surface area (Å²) in [5.74, 6) is -1.77. The van der Waals surface area contributed by atoms with Crippen LogP contribution < -0.4 is 16.4 Å². The maximum atomic E-state index is 12.0. The minimum absolute atomic E-state index is 0.183. The van der Waals surface area contributed by atoms with Gasteiger partial charge in [0.15, 0.2) is 0 Å². The summed E-state index contributed by atoms with van der Waals surface area (Å²) < 4.78 is 0. The Kier molecular flexibility index (Phi) is 4.87. The van der Waals surface area contributed by atoms with E-state index in [1.54, 1.807) is 25.2 Å². The number of carbonyl (C=O) groups excluding carboxylic acids is 2. The summed E-state index contributed by atoms with van der Waals surface area (Å²) in [7, 11) is 1.63. The number of hydrogen-bond donors (Lipinski definition) is 4. The molecule has 5 N–H and O–H groups in total. The fraction of sp³-hybridized carbons (Fsp3) is 0.250. The lowest BCUT2D eigenvalue weighted by Crippen LogP contribution is -2.38. The van der Waals surface area contributed by atoms with Crippen LogP contribution in [-0.4, -0.2) is 36.4 Å². The maximum absolute atomic E-state index is 12.0. The van der Waals surface area contributed by atoms with Crippen molar-refractivity contribution in [3.8, 4) is 0 Å². The van der Waals surface area contributed by atoms with Crippen LogP contribution in [0.3, 0.4) is 0 Å². The molecule has 1 amide bonds. The molecule has 1 unspecified atom stereocenters. The predicted molar refractivity (Wildman–Crippen MR) is 70.0 cm³/mol. The van der Waals surface area contributed by atoms with Gasteiger partial charge in [-0.25, -0.2) is 0 Å². The molecule has 1 rings (SSSR count). The van der Waals surface area contributed by atoms with Crippen molar-refractivity contribution >= 4 is 29.5 Å². The molecule has 1 aromatic carbocycles. The zero-order chi connectivity index (χ0) is 14.4. The molecule has 0 bridgehead atoms. The average molecular weight is 265 g/mol. The fourth-order valence-electron chi connectivity index (χ4n) is 1.59. The number of hydrogen-bond acceptors (Lipinski definition) is 5. The van der Waals surface area contributed by atoms with Crippen LogP contribution in [0.25, 0.3) is 0 Å². The molecule has 0 spiro atoms. The molecular weight excluding hydrogens is 250 g/mol. The Morgan fingerprint density at radius 2 is 2.16 bits per heavy atom. The van der Waals surface area contributed by atoms with Crippen molar-refractivity contribution in [2.45, 2.75) is 12.5 Å². The zero-order valence-corrected chi connectivity index (χ0v) is 10.3. The normalized spacial score (nSPS) is 11.4. The van der Waals surface area contributed by atoms with Crippen LogP contribution in [0.2, 0.25) is 0 Å². The number of anilines is 2. The summed E-state index contributed by atoms with van der Waals surface area (Å²) in [6, 6.07) is 3.78. The molecule has 0 saturated carbocycles. The quantitative estimate of drug-likeness (QED) is 0.427. The summed E-state index contributed by atoms with van der Waals surface area (Å²) in [5, 5.41) is 13.7. The van der Waals surface area contributed by atoms with Crippen LogP contribution in [0, 0.1) is 0 Å². The van der Waals surface area contributed by atoms with Crippen LogP contribution in [-0.2, 0) is 9.59 Å². The summed E-state index contributed by atoms with van der Waals surface area (Å²) in [4.78, 5) is 33.3. The lowest BCUT2D eigenvalue weighted by atomic mass is 10.1. The third-order valence-corrected chi connectivity index (χ3v) is 2.47. The van der Waals surface area contributed by atoms with Crippen molar-refractivity contribution in [1.29, 1.82) is 0 Å². The van der Waals surface area contributed by atoms with Gasteiger partial charge in [-0.15, -0.1) is 0 Å². The number of nitrogen functional groups attached to an aromatic ring is 1. The monoisotopic (exact) mass is 265 g/mol. The van der Waals surface area contributed by atoms with E-state index in [0.29, 0.717) is 12.0 Å². The van der Waals surface area contributed by atoms with E-state index < -0.39 is 24.3 Å². The molecule has 0 radical (unpaired) electrons. The van der Waals surface area contributed by atoms with Crippen molar-refractivity contribution in [1.82, 2.24) is 5.32 Å². The van der Waals surface area contributed by atoms with Gasteiger partial charge in [0.2, 0.25) is 0 Å². The fourth-order valence-corrected chi connectivity index (χ4v) is 1.59. The molecule has 0 saturated heterocycles. The highest BCUT2D eigenvalue weighted by Gasteiger charge is 2.19. The van der Waals surface area contributed by atoms with Gasteiger partial charge < -0.3 is 26.3 Å². The van der Waals surface area contributed by atoms with Gasteiger partial charge in [0, 0.05) is 18.4 Å². The van der Waals surface area contributed by atoms with Crippen molar-refractivity contribution in [3.63, 3.8) is 0 Å². The molecule has 0 aliphatic heterocycles. The number of benzene rings is 1. The molecule has 0 aromatic heterocycles. The highest BCUT2D eigenvalue weighted by molar-refractivity contribution is 6.05. The van der Waals surface area contributed by atoms with Gasteiger partial charge in [-0.1, -0.05) is 6.07 Å². The van der Waals surface area contributed by atoms with Gasteiger partial charge in [-0.05, 0) is 12.1 Å². The molecule has 0 aliphatic rings. The first-order valence-electron chi connectivity index (χ1n) is 5.53. The molecule has 1 aromatic rings. The summed E-state index contributed by atoms with van der Waals surface area (Å²) in [6.07, 6.45) is -0.0962. The van der Waals surface area contributed by atoms with Gasteiger partial charge >= 0.3 is 5.97 Å². The van der Waals surface area contributed by atoms with E-state index in [0.717, 1.165) is 0 Å². The van der Waals surface area contributed by atoms with Gasteiger partial charge in [-0.2, -0.15) is 0 Å². The first-order valence-corrected chi connectivity index (χ1v) is 5.53. The largest absolute Gasteiger partial charge is 0.481 e. The third kappa shape index (κ3) is 3.70. The smallest absolute Gasteiger partial charge is 0.305 e. The molecule has 7 nitrogen and oxygen atoms in total. The van der Waals surface area contributed by atoms with Gasteiger partial charge in [0.25, 0.3) is 5.91 Å². The minimum atomic E-state index is -1.17. The highest BCUT2D eigenvalue weighted by atomic mass is 16.4. The standard InChI is InChI=1S/C12H15N3O4/c1-14-9-4-2-3-8(13)11(9)12(19)15-7(6-16)5-10(17)18/h2-4,6-7,14H,5,13H2,1H3,(H,15,19)(H,17,18). The van der Waals surface area contributed by atoms with Crippen LogP contribution >= 0.6 is 0 Å². The topological polar surface area (TPSA) is 122 Å². The van der Waals surface area contributed by atoms with Gasteiger partial charge in [-0.3, -0.25) is 9.59 Å². The van der Waals surface area contributed by atoms with E-state index in [1.807, 2.05) is 0 Å². The van der Waals surface area contributed by atoms with E-state index in [2.05, 4.69) is 10.6 Å². The second kappa shape index (κ2) is 6.39. The van der Waals surface area contributed by atoms with Crippen LogP contribution in [0.15, 0.2) is 18.2 Å². The Morgan fingerprint density at radius 1 is 1.47 bits per heavy atom. The molecule has 7 heteroatoms. The Labute approximate surface area is 109 Å². The minimum Gasteiger partial charge on any atom is -0.481 e. The second-order valence-electron chi connectivity index (χ2n) is 3.83. The number of aliphatic carboxylic acids is 1.